The van der Waals surface area contributed by atoms with Crippen molar-refractivity contribution in [2.24, 2.45) is 5.92 Å². The molecule has 2 rings (SSSR count). The zero-order valence-electron chi connectivity index (χ0n) is 9.34. The molecule has 80 valence electrons. The maximum Gasteiger partial charge on any atom is 0.238 e. The molecule has 1 atom stereocenters. The number of hydrogen-bond acceptors (Lipinski definition) is 2. The van der Waals surface area contributed by atoms with Gasteiger partial charge in [-0.05, 0) is 39.0 Å². The fourth-order valence-electron chi connectivity index (χ4n) is 2.59. The summed E-state index contributed by atoms with van der Waals surface area (Å²) in [5.74, 6) is 0.995. The number of hydrogen-bond donors (Lipinski definition) is 1. The Bertz CT molecular complexity index is 246. The SMILES string of the molecule is CCC1NCC(=O)N1C(C)(C)C1CC1. The summed E-state index contributed by atoms with van der Waals surface area (Å²) in [6.45, 7) is 7.07. The van der Waals surface area contributed by atoms with Crippen molar-refractivity contribution in [3.05, 3.63) is 0 Å². The van der Waals surface area contributed by atoms with Crippen molar-refractivity contribution in [1.82, 2.24) is 10.2 Å². The minimum atomic E-state index is 0.0568. The molecule has 3 heteroatoms. The summed E-state index contributed by atoms with van der Waals surface area (Å²) in [5, 5.41) is 3.27. The van der Waals surface area contributed by atoms with Gasteiger partial charge in [-0.2, -0.15) is 0 Å². The number of rotatable bonds is 3. The third-order valence-corrected chi connectivity index (χ3v) is 3.65. The van der Waals surface area contributed by atoms with Crippen molar-refractivity contribution in [3.63, 3.8) is 0 Å². The summed E-state index contributed by atoms with van der Waals surface area (Å²) in [5.41, 5.74) is 0.0568. The molecule has 2 fully saturated rings. The van der Waals surface area contributed by atoms with Crippen LogP contribution in [0, 0.1) is 5.92 Å². The summed E-state index contributed by atoms with van der Waals surface area (Å²) in [7, 11) is 0. The van der Waals surface area contributed by atoms with Crippen molar-refractivity contribution in [2.75, 3.05) is 6.54 Å². The summed E-state index contributed by atoms with van der Waals surface area (Å²) < 4.78 is 0. The first-order valence-electron chi connectivity index (χ1n) is 5.63. The van der Waals surface area contributed by atoms with Crippen LogP contribution in [0.15, 0.2) is 0 Å². The van der Waals surface area contributed by atoms with E-state index in [1.807, 2.05) is 0 Å². The molecule has 1 heterocycles. The summed E-state index contributed by atoms with van der Waals surface area (Å²) in [6, 6.07) is 0. The van der Waals surface area contributed by atoms with Crippen molar-refractivity contribution < 1.29 is 4.79 Å². The predicted octanol–water partition coefficient (Wildman–Crippen LogP) is 1.34. The number of amides is 1. The Morgan fingerprint density at radius 1 is 1.50 bits per heavy atom. The van der Waals surface area contributed by atoms with Gasteiger partial charge in [-0.25, -0.2) is 0 Å². The minimum Gasteiger partial charge on any atom is -0.321 e. The molecular weight excluding hydrogens is 176 g/mol. The lowest BCUT2D eigenvalue weighted by Crippen LogP contribution is -2.52. The van der Waals surface area contributed by atoms with Crippen molar-refractivity contribution >= 4 is 5.91 Å². The fourth-order valence-corrected chi connectivity index (χ4v) is 2.59. The average Bonchev–Trinajstić information content (AvgIpc) is 2.90. The van der Waals surface area contributed by atoms with E-state index < -0.39 is 0 Å². The smallest absolute Gasteiger partial charge is 0.238 e. The molecular formula is C11H20N2O. The lowest BCUT2D eigenvalue weighted by atomic mass is 9.95. The van der Waals surface area contributed by atoms with Crippen molar-refractivity contribution in [3.8, 4) is 0 Å². The third-order valence-electron chi connectivity index (χ3n) is 3.65. The largest absolute Gasteiger partial charge is 0.321 e. The van der Waals surface area contributed by atoms with E-state index in [1.165, 1.54) is 12.8 Å². The molecule has 1 aliphatic carbocycles. The standard InChI is InChI=1S/C11H20N2O/c1-4-9-12-7-10(14)13(9)11(2,3)8-5-6-8/h8-9,12H,4-7H2,1-3H3. The zero-order valence-corrected chi connectivity index (χ0v) is 9.34. The van der Waals surface area contributed by atoms with E-state index in [0.29, 0.717) is 6.54 Å². The van der Waals surface area contributed by atoms with Crippen LogP contribution >= 0.6 is 0 Å². The van der Waals surface area contributed by atoms with Gasteiger partial charge in [0.2, 0.25) is 5.91 Å². The highest BCUT2D eigenvalue weighted by atomic mass is 16.2. The highest BCUT2D eigenvalue weighted by Crippen LogP contribution is 2.44. The van der Waals surface area contributed by atoms with E-state index in [-0.39, 0.29) is 17.6 Å². The van der Waals surface area contributed by atoms with E-state index in [4.69, 9.17) is 0 Å². The topological polar surface area (TPSA) is 32.3 Å². The maximum atomic E-state index is 11.8. The van der Waals surface area contributed by atoms with E-state index >= 15 is 0 Å². The molecule has 0 spiro atoms. The van der Waals surface area contributed by atoms with Gasteiger partial charge >= 0.3 is 0 Å². The predicted molar refractivity (Wildman–Crippen MR) is 55.7 cm³/mol. The van der Waals surface area contributed by atoms with Crippen LogP contribution in [0.4, 0.5) is 0 Å². The Labute approximate surface area is 85.8 Å². The van der Waals surface area contributed by atoms with Gasteiger partial charge in [-0.3, -0.25) is 10.1 Å². The van der Waals surface area contributed by atoms with Gasteiger partial charge in [0.1, 0.15) is 0 Å². The normalized spacial score (nSPS) is 28.6. The summed E-state index contributed by atoms with van der Waals surface area (Å²) >= 11 is 0. The molecule has 1 saturated carbocycles. The average molecular weight is 196 g/mol. The quantitative estimate of drug-likeness (QED) is 0.739. The second-order valence-corrected chi connectivity index (χ2v) is 5.00. The molecule has 14 heavy (non-hydrogen) atoms. The van der Waals surface area contributed by atoms with Crippen molar-refractivity contribution in [1.29, 1.82) is 0 Å². The first-order valence-corrected chi connectivity index (χ1v) is 5.63. The Morgan fingerprint density at radius 3 is 2.64 bits per heavy atom. The molecule has 0 aromatic carbocycles. The molecule has 1 unspecified atom stereocenters. The van der Waals surface area contributed by atoms with Gasteiger partial charge in [0.25, 0.3) is 0 Å². The zero-order chi connectivity index (χ0) is 10.3. The molecule has 0 aromatic rings. The number of carbonyl (C=O) groups is 1. The first-order chi connectivity index (χ1) is 6.57. The van der Waals surface area contributed by atoms with Crippen LogP contribution in [0.5, 0.6) is 0 Å². The lowest BCUT2D eigenvalue weighted by Gasteiger charge is -2.39. The molecule has 0 bridgehead atoms. The van der Waals surface area contributed by atoms with E-state index in [1.54, 1.807) is 0 Å². The second-order valence-electron chi connectivity index (χ2n) is 5.00. The number of nitrogens with zero attached hydrogens (tertiary/aromatic N) is 1. The second kappa shape index (κ2) is 3.23. The Morgan fingerprint density at radius 2 is 2.14 bits per heavy atom. The summed E-state index contributed by atoms with van der Waals surface area (Å²) in [6.07, 6.45) is 3.83. The van der Waals surface area contributed by atoms with E-state index in [2.05, 4.69) is 31.0 Å². The fraction of sp³-hybridized carbons (Fsp3) is 0.909. The van der Waals surface area contributed by atoms with Crippen LogP contribution in [0.25, 0.3) is 0 Å². The van der Waals surface area contributed by atoms with Gasteiger partial charge in [0.05, 0.1) is 12.7 Å². The van der Waals surface area contributed by atoms with E-state index in [9.17, 15) is 4.79 Å². The maximum absolute atomic E-state index is 11.8. The van der Waals surface area contributed by atoms with Crippen molar-refractivity contribution in [2.45, 2.75) is 51.7 Å². The molecule has 1 N–H and O–H groups in total. The minimum absolute atomic E-state index is 0.0568. The molecule has 2 aliphatic rings. The highest BCUT2D eigenvalue weighted by Gasteiger charge is 2.48. The van der Waals surface area contributed by atoms with Crippen LogP contribution < -0.4 is 5.32 Å². The highest BCUT2D eigenvalue weighted by molar-refractivity contribution is 5.81. The summed E-state index contributed by atoms with van der Waals surface area (Å²) in [4.78, 5) is 13.9. The van der Waals surface area contributed by atoms with Gasteiger partial charge in [-0.15, -0.1) is 0 Å². The third kappa shape index (κ3) is 1.44. The first kappa shape index (κ1) is 9.97. The van der Waals surface area contributed by atoms with Gasteiger partial charge < -0.3 is 4.90 Å². The van der Waals surface area contributed by atoms with E-state index in [0.717, 1.165) is 12.3 Å². The molecule has 1 saturated heterocycles. The number of nitrogens with one attached hydrogen (secondary N) is 1. The van der Waals surface area contributed by atoms with Crippen LogP contribution in [-0.2, 0) is 4.79 Å². The Hall–Kier alpha value is -0.570. The molecule has 0 aromatic heterocycles. The molecule has 3 nitrogen and oxygen atoms in total. The van der Waals surface area contributed by atoms with Crippen LogP contribution in [0.1, 0.15) is 40.0 Å². The van der Waals surface area contributed by atoms with Gasteiger partial charge in [-0.1, -0.05) is 6.92 Å². The molecule has 0 radical (unpaired) electrons. The van der Waals surface area contributed by atoms with Crippen LogP contribution in [0.2, 0.25) is 0 Å². The number of carbonyl (C=O) groups excluding carboxylic acids is 1. The van der Waals surface area contributed by atoms with Gasteiger partial charge in [0.15, 0.2) is 0 Å². The Balaban J connectivity index is 2.16. The van der Waals surface area contributed by atoms with Gasteiger partial charge in [0, 0.05) is 5.54 Å². The monoisotopic (exact) mass is 196 g/mol. The lowest BCUT2D eigenvalue weighted by molar-refractivity contribution is -0.134. The van der Waals surface area contributed by atoms with Crippen LogP contribution in [-0.4, -0.2) is 29.1 Å². The van der Waals surface area contributed by atoms with Crippen LogP contribution in [0.3, 0.4) is 0 Å². The Kier molecular flexibility index (Phi) is 2.30. The molecule has 1 aliphatic heterocycles. The molecule has 1 amide bonds.